The van der Waals surface area contributed by atoms with E-state index in [0.717, 1.165) is 12.8 Å². The highest BCUT2D eigenvalue weighted by molar-refractivity contribution is 8.00. The Hall–Kier alpha value is -0.510. The zero-order valence-electron chi connectivity index (χ0n) is 9.16. The zero-order chi connectivity index (χ0) is 10.9. The Morgan fingerprint density at radius 3 is 2.47 bits per heavy atom. The highest BCUT2D eigenvalue weighted by Gasteiger charge is 2.60. The van der Waals surface area contributed by atoms with Gasteiger partial charge in [-0.25, -0.2) is 8.42 Å². The molecule has 1 saturated heterocycles. The quantitative estimate of drug-likeness (QED) is 0.548. The van der Waals surface area contributed by atoms with Crippen LogP contribution in [0.3, 0.4) is 0 Å². The minimum Gasteiger partial charge on any atom is -0.500 e. The second-order valence-corrected chi connectivity index (χ2v) is 6.97. The van der Waals surface area contributed by atoms with Crippen molar-refractivity contribution in [3.63, 3.8) is 0 Å². The molecule has 1 aliphatic carbocycles. The van der Waals surface area contributed by atoms with Crippen molar-refractivity contribution in [2.24, 2.45) is 0 Å². The van der Waals surface area contributed by atoms with E-state index in [1.807, 2.05) is 6.92 Å². The van der Waals surface area contributed by atoms with E-state index in [9.17, 15) is 8.42 Å². The summed E-state index contributed by atoms with van der Waals surface area (Å²) in [7, 11) is -2.82. The maximum Gasteiger partial charge on any atom is 0.162 e. The Labute approximate surface area is 91.4 Å². The summed E-state index contributed by atoms with van der Waals surface area (Å²) >= 11 is 0. The molecule has 0 aromatic heterocycles. The predicted octanol–water partition coefficient (Wildman–Crippen LogP) is 2.04. The lowest BCUT2D eigenvalue weighted by Gasteiger charge is -2.08. The molecule has 0 amide bonds. The van der Waals surface area contributed by atoms with E-state index in [4.69, 9.17) is 4.74 Å². The molecule has 4 heteroatoms. The van der Waals surface area contributed by atoms with Gasteiger partial charge < -0.3 is 4.74 Å². The molecular weight excluding hydrogens is 212 g/mol. The van der Waals surface area contributed by atoms with Gasteiger partial charge in [-0.05, 0) is 37.7 Å². The average molecular weight is 230 g/mol. The maximum atomic E-state index is 11.4. The molecule has 15 heavy (non-hydrogen) atoms. The lowest BCUT2D eigenvalue weighted by Crippen LogP contribution is -2.18. The van der Waals surface area contributed by atoms with Gasteiger partial charge in [0.05, 0.1) is 12.0 Å². The molecule has 0 aromatic carbocycles. The third kappa shape index (κ3) is 2.05. The van der Waals surface area contributed by atoms with Crippen LogP contribution in [0.25, 0.3) is 0 Å². The Morgan fingerprint density at radius 2 is 2.00 bits per heavy atom. The van der Waals surface area contributed by atoms with Gasteiger partial charge in [-0.15, -0.1) is 0 Å². The smallest absolute Gasteiger partial charge is 0.162 e. The first-order chi connectivity index (χ1) is 7.10. The summed E-state index contributed by atoms with van der Waals surface area (Å²) < 4.78 is 27.6. The molecular formula is C11H18O3S. The third-order valence-electron chi connectivity index (χ3n) is 3.51. The van der Waals surface area contributed by atoms with Gasteiger partial charge >= 0.3 is 0 Å². The number of sulfone groups is 1. The fourth-order valence-electron chi connectivity index (χ4n) is 2.13. The second kappa shape index (κ2) is 3.81. The Kier molecular flexibility index (Phi) is 2.79. The number of allylic oxidation sites excluding steroid dienone is 1. The van der Waals surface area contributed by atoms with Crippen LogP contribution in [0.15, 0.2) is 11.8 Å². The van der Waals surface area contributed by atoms with Crippen molar-refractivity contribution in [2.75, 3.05) is 12.4 Å². The van der Waals surface area contributed by atoms with Crippen LogP contribution in [0.2, 0.25) is 0 Å². The van der Waals surface area contributed by atoms with E-state index in [1.165, 1.54) is 18.4 Å². The molecule has 0 spiro atoms. The van der Waals surface area contributed by atoms with E-state index >= 15 is 0 Å². The number of ether oxygens (including phenoxy) is 1. The first-order valence-corrected chi connectivity index (χ1v) is 7.27. The van der Waals surface area contributed by atoms with E-state index in [-0.39, 0.29) is 0 Å². The van der Waals surface area contributed by atoms with E-state index in [1.54, 1.807) is 6.26 Å². The molecule has 0 bridgehead atoms. The highest BCUT2D eigenvalue weighted by atomic mass is 32.2. The number of rotatable bonds is 4. The normalized spacial score (nSPS) is 32.7. The van der Waals surface area contributed by atoms with Gasteiger partial charge in [0.25, 0.3) is 0 Å². The van der Waals surface area contributed by atoms with Gasteiger partial charge in [0.2, 0.25) is 0 Å². The molecule has 1 unspecified atom stereocenters. The lowest BCUT2D eigenvalue weighted by atomic mass is 10.1. The Morgan fingerprint density at radius 1 is 1.40 bits per heavy atom. The maximum absolute atomic E-state index is 11.4. The minimum absolute atomic E-state index is 0.305. The van der Waals surface area contributed by atoms with Gasteiger partial charge in [0, 0.05) is 0 Å². The van der Waals surface area contributed by atoms with Crippen molar-refractivity contribution in [1.82, 2.24) is 0 Å². The topological polar surface area (TPSA) is 43.4 Å². The molecule has 1 aliphatic heterocycles. The van der Waals surface area contributed by atoms with Crippen molar-refractivity contribution in [1.29, 1.82) is 0 Å². The number of hydrogen-bond donors (Lipinski definition) is 0. The van der Waals surface area contributed by atoms with Crippen molar-refractivity contribution >= 4 is 9.84 Å². The Bertz CT molecular complexity index is 361. The lowest BCUT2D eigenvalue weighted by molar-refractivity contribution is 0.223. The van der Waals surface area contributed by atoms with Crippen molar-refractivity contribution < 1.29 is 13.2 Å². The van der Waals surface area contributed by atoms with Crippen molar-refractivity contribution in [2.45, 2.75) is 43.8 Å². The van der Waals surface area contributed by atoms with Crippen LogP contribution in [0, 0.1) is 0 Å². The Balaban J connectivity index is 1.86. The molecule has 0 radical (unpaired) electrons. The van der Waals surface area contributed by atoms with Crippen LogP contribution in [0.5, 0.6) is 0 Å². The van der Waals surface area contributed by atoms with Gasteiger partial charge in [0.15, 0.2) is 9.84 Å². The fraction of sp³-hybridized carbons (Fsp3) is 0.818. The minimum atomic E-state index is -2.82. The summed E-state index contributed by atoms with van der Waals surface area (Å²) in [6, 6.07) is 0. The van der Waals surface area contributed by atoms with E-state index in [0.29, 0.717) is 18.8 Å². The molecule has 0 aromatic rings. The van der Waals surface area contributed by atoms with E-state index in [2.05, 4.69) is 0 Å². The summed E-state index contributed by atoms with van der Waals surface area (Å²) in [4.78, 5) is 0. The molecule has 3 nitrogen and oxygen atoms in total. The van der Waals surface area contributed by atoms with Crippen LogP contribution in [-0.2, 0) is 14.6 Å². The predicted molar refractivity (Wildman–Crippen MR) is 59.3 cm³/mol. The van der Waals surface area contributed by atoms with Gasteiger partial charge in [-0.2, -0.15) is 0 Å². The summed E-state index contributed by atoms with van der Waals surface area (Å²) in [5.74, 6) is 0.305. The van der Waals surface area contributed by atoms with Crippen LogP contribution < -0.4 is 0 Å². The second-order valence-electron chi connectivity index (χ2n) is 4.59. The molecule has 1 saturated carbocycles. The van der Waals surface area contributed by atoms with Gasteiger partial charge in [-0.1, -0.05) is 6.92 Å². The summed E-state index contributed by atoms with van der Waals surface area (Å²) in [5.41, 5.74) is 1.33. The monoisotopic (exact) mass is 230 g/mol. The number of hydrogen-bond acceptors (Lipinski definition) is 3. The molecule has 86 valence electrons. The SMILES string of the molecule is CCC1(COC=C2CCCC2)CS1(=O)=O. The standard InChI is InChI=1S/C11H18O3S/c1-2-11(9-15(11,12)13)8-14-7-10-5-3-4-6-10/h7H,2-6,8-9H2,1H3. The molecule has 2 rings (SSSR count). The zero-order valence-corrected chi connectivity index (χ0v) is 9.98. The van der Waals surface area contributed by atoms with Crippen LogP contribution >= 0.6 is 0 Å². The summed E-state index contributed by atoms with van der Waals surface area (Å²) in [5, 5.41) is 0. The third-order valence-corrected chi connectivity index (χ3v) is 5.96. The molecule has 1 atom stereocenters. The van der Waals surface area contributed by atoms with Crippen LogP contribution in [-0.4, -0.2) is 25.5 Å². The van der Waals surface area contributed by atoms with Gasteiger partial charge in [-0.3, -0.25) is 0 Å². The average Bonchev–Trinajstić information content (AvgIpc) is 2.60. The van der Waals surface area contributed by atoms with Gasteiger partial charge in [0.1, 0.15) is 11.4 Å². The largest absolute Gasteiger partial charge is 0.500 e. The first kappa shape index (κ1) is 11.0. The molecule has 2 fully saturated rings. The summed E-state index contributed by atoms with van der Waals surface area (Å²) in [6.07, 6.45) is 7.17. The summed E-state index contributed by atoms with van der Waals surface area (Å²) in [6.45, 7) is 2.26. The van der Waals surface area contributed by atoms with Crippen LogP contribution in [0.1, 0.15) is 39.0 Å². The molecule has 2 aliphatic rings. The van der Waals surface area contributed by atoms with E-state index < -0.39 is 14.6 Å². The highest BCUT2D eigenvalue weighted by Crippen LogP contribution is 2.40. The van der Waals surface area contributed by atoms with Crippen molar-refractivity contribution in [3.8, 4) is 0 Å². The molecule has 0 N–H and O–H groups in total. The van der Waals surface area contributed by atoms with Crippen molar-refractivity contribution in [3.05, 3.63) is 11.8 Å². The first-order valence-electron chi connectivity index (χ1n) is 5.61. The van der Waals surface area contributed by atoms with Crippen LogP contribution in [0.4, 0.5) is 0 Å². The molecule has 1 heterocycles. The fourth-order valence-corrected chi connectivity index (χ4v) is 4.03.